The first-order valence-electron chi connectivity index (χ1n) is 8.61. The van der Waals surface area contributed by atoms with Crippen LogP contribution in [0.15, 0.2) is 48.5 Å². The smallest absolute Gasteiger partial charge is 0.310 e. The molecule has 1 N–H and O–H groups in total. The highest BCUT2D eigenvalue weighted by Crippen LogP contribution is 2.21. The average Bonchev–Trinajstić information content (AvgIpc) is 3.07. The highest BCUT2D eigenvalue weighted by molar-refractivity contribution is 6.30. The lowest BCUT2D eigenvalue weighted by atomic mass is 10.1. The molecule has 1 fully saturated rings. The molecule has 0 spiro atoms. The molecule has 1 aliphatic rings. The Labute approximate surface area is 162 Å². The standard InChI is InChI=1S/C20H19ClN2O4/c21-15-3-1-4-16(12-15)22-18(24)13-27-20(26)11-14-6-8-17(9-7-14)23-10-2-5-19(23)25/h1,3-4,6-9,12H,2,5,10-11,13H2,(H,22,24). The molecule has 6 nitrogen and oxygen atoms in total. The first kappa shape index (κ1) is 18.9. The normalized spacial score (nSPS) is 13.5. The second-order valence-electron chi connectivity index (χ2n) is 6.21. The quantitative estimate of drug-likeness (QED) is 0.773. The highest BCUT2D eigenvalue weighted by atomic mass is 35.5. The zero-order valence-corrected chi connectivity index (χ0v) is 15.4. The Morgan fingerprint density at radius 3 is 2.59 bits per heavy atom. The molecule has 3 rings (SSSR count). The first-order valence-corrected chi connectivity index (χ1v) is 8.99. The van der Waals surface area contributed by atoms with Crippen molar-refractivity contribution >= 4 is 40.8 Å². The Morgan fingerprint density at radius 1 is 1.15 bits per heavy atom. The lowest BCUT2D eigenvalue weighted by molar-refractivity contribution is -0.146. The molecule has 1 saturated heterocycles. The summed E-state index contributed by atoms with van der Waals surface area (Å²) in [6.07, 6.45) is 1.49. The number of esters is 1. The van der Waals surface area contributed by atoms with Crippen molar-refractivity contribution in [1.29, 1.82) is 0 Å². The second-order valence-corrected chi connectivity index (χ2v) is 6.65. The van der Waals surface area contributed by atoms with Gasteiger partial charge in [0.05, 0.1) is 6.42 Å². The number of benzene rings is 2. The van der Waals surface area contributed by atoms with Gasteiger partial charge in [-0.1, -0.05) is 29.8 Å². The van der Waals surface area contributed by atoms with E-state index in [0.29, 0.717) is 17.1 Å². The van der Waals surface area contributed by atoms with Gasteiger partial charge in [-0.3, -0.25) is 14.4 Å². The van der Waals surface area contributed by atoms with Crippen molar-refractivity contribution in [1.82, 2.24) is 0 Å². The maximum Gasteiger partial charge on any atom is 0.310 e. The number of carbonyl (C=O) groups is 3. The number of nitrogens with zero attached hydrogens (tertiary/aromatic N) is 1. The summed E-state index contributed by atoms with van der Waals surface area (Å²) in [6.45, 7) is 0.355. The third-order valence-corrected chi connectivity index (χ3v) is 4.38. The van der Waals surface area contributed by atoms with Gasteiger partial charge in [-0.15, -0.1) is 0 Å². The van der Waals surface area contributed by atoms with Crippen LogP contribution in [-0.2, 0) is 25.5 Å². The summed E-state index contributed by atoms with van der Waals surface area (Å²) >= 11 is 5.85. The zero-order chi connectivity index (χ0) is 19.2. The first-order chi connectivity index (χ1) is 13.0. The molecule has 140 valence electrons. The summed E-state index contributed by atoms with van der Waals surface area (Å²) in [6, 6.07) is 13.9. The van der Waals surface area contributed by atoms with Crippen LogP contribution in [0.1, 0.15) is 18.4 Å². The lowest BCUT2D eigenvalue weighted by Gasteiger charge is -2.15. The van der Waals surface area contributed by atoms with Crippen LogP contribution in [0.25, 0.3) is 0 Å². The van der Waals surface area contributed by atoms with Crippen LogP contribution in [0, 0.1) is 0 Å². The molecule has 0 aliphatic carbocycles. The second kappa shape index (κ2) is 8.68. The summed E-state index contributed by atoms with van der Waals surface area (Å²) in [4.78, 5) is 37.2. The van der Waals surface area contributed by atoms with Crippen LogP contribution in [0.2, 0.25) is 5.02 Å². The molecule has 0 atom stereocenters. The van der Waals surface area contributed by atoms with Crippen molar-refractivity contribution in [2.24, 2.45) is 0 Å². The Hall–Kier alpha value is -2.86. The SMILES string of the molecule is O=C(COC(=O)Cc1ccc(N2CCCC2=O)cc1)Nc1cccc(Cl)c1. The van der Waals surface area contributed by atoms with Crippen LogP contribution < -0.4 is 10.2 Å². The fourth-order valence-electron chi connectivity index (χ4n) is 2.84. The minimum Gasteiger partial charge on any atom is -0.455 e. The van der Waals surface area contributed by atoms with Crippen molar-refractivity contribution in [2.75, 3.05) is 23.4 Å². The Morgan fingerprint density at radius 2 is 1.93 bits per heavy atom. The van der Waals surface area contributed by atoms with Gasteiger partial charge in [-0.25, -0.2) is 0 Å². The number of hydrogen-bond acceptors (Lipinski definition) is 4. The van der Waals surface area contributed by atoms with Crippen molar-refractivity contribution < 1.29 is 19.1 Å². The Kier molecular flexibility index (Phi) is 6.08. The number of amides is 2. The van der Waals surface area contributed by atoms with Gasteiger partial charge in [0.15, 0.2) is 6.61 Å². The van der Waals surface area contributed by atoms with E-state index in [-0.39, 0.29) is 18.9 Å². The predicted molar refractivity (Wildman–Crippen MR) is 103 cm³/mol. The van der Waals surface area contributed by atoms with Gasteiger partial charge in [0.25, 0.3) is 5.91 Å². The number of anilines is 2. The summed E-state index contributed by atoms with van der Waals surface area (Å²) in [7, 11) is 0. The topological polar surface area (TPSA) is 75.7 Å². The number of carbonyl (C=O) groups excluding carboxylic acids is 3. The largest absolute Gasteiger partial charge is 0.455 e. The van der Waals surface area contributed by atoms with E-state index in [1.165, 1.54) is 0 Å². The van der Waals surface area contributed by atoms with Gasteiger partial charge in [-0.05, 0) is 42.3 Å². The molecule has 1 heterocycles. The molecule has 0 saturated carbocycles. The van der Waals surface area contributed by atoms with Crippen molar-refractivity contribution in [3.8, 4) is 0 Å². The number of rotatable bonds is 6. The maximum atomic E-state index is 11.9. The van der Waals surface area contributed by atoms with E-state index in [9.17, 15) is 14.4 Å². The van der Waals surface area contributed by atoms with Gasteiger partial charge in [-0.2, -0.15) is 0 Å². The summed E-state index contributed by atoms with van der Waals surface area (Å²) in [5, 5.41) is 3.11. The van der Waals surface area contributed by atoms with E-state index in [0.717, 1.165) is 24.2 Å². The van der Waals surface area contributed by atoms with Crippen molar-refractivity contribution in [2.45, 2.75) is 19.3 Å². The van der Waals surface area contributed by atoms with Crippen LogP contribution in [0.5, 0.6) is 0 Å². The number of hydrogen-bond donors (Lipinski definition) is 1. The molecule has 0 unspecified atom stereocenters. The highest BCUT2D eigenvalue weighted by Gasteiger charge is 2.21. The fourth-order valence-corrected chi connectivity index (χ4v) is 3.03. The molecule has 7 heteroatoms. The van der Waals surface area contributed by atoms with Crippen LogP contribution in [0.4, 0.5) is 11.4 Å². The molecule has 2 aromatic rings. The van der Waals surface area contributed by atoms with Gasteiger partial charge in [0.1, 0.15) is 0 Å². The predicted octanol–water partition coefficient (Wildman–Crippen LogP) is 3.19. The van der Waals surface area contributed by atoms with Gasteiger partial charge < -0.3 is 15.0 Å². The minimum atomic E-state index is -0.499. The molecule has 0 bridgehead atoms. The molecule has 1 aliphatic heterocycles. The minimum absolute atomic E-state index is 0.0542. The van der Waals surface area contributed by atoms with Crippen LogP contribution in [0.3, 0.4) is 0 Å². The summed E-state index contributed by atoms with van der Waals surface area (Å²) < 4.78 is 5.01. The van der Waals surface area contributed by atoms with Crippen molar-refractivity contribution in [3.05, 3.63) is 59.1 Å². The van der Waals surface area contributed by atoms with E-state index in [1.54, 1.807) is 41.3 Å². The summed E-state index contributed by atoms with van der Waals surface area (Å²) in [5.41, 5.74) is 2.12. The molecule has 0 aromatic heterocycles. The molecular weight excluding hydrogens is 368 g/mol. The van der Waals surface area contributed by atoms with E-state index >= 15 is 0 Å². The number of nitrogens with one attached hydrogen (secondary N) is 1. The Bertz CT molecular complexity index is 851. The van der Waals surface area contributed by atoms with E-state index < -0.39 is 11.9 Å². The van der Waals surface area contributed by atoms with Crippen LogP contribution >= 0.6 is 11.6 Å². The van der Waals surface area contributed by atoms with Gasteiger partial charge in [0, 0.05) is 29.4 Å². The van der Waals surface area contributed by atoms with E-state index in [1.807, 2.05) is 12.1 Å². The summed E-state index contributed by atoms with van der Waals surface area (Å²) in [5.74, 6) is -0.817. The van der Waals surface area contributed by atoms with E-state index in [2.05, 4.69) is 5.32 Å². The number of ether oxygens (including phenoxy) is 1. The van der Waals surface area contributed by atoms with Crippen LogP contribution in [-0.4, -0.2) is 30.9 Å². The molecular formula is C20H19ClN2O4. The van der Waals surface area contributed by atoms with Gasteiger partial charge >= 0.3 is 5.97 Å². The van der Waals surface area contributed by atoms with E-state index in [4.69, 9.17) is 16.3 Å². The molecule has 27 heavy (non-hydrogen) atoms. The van der Waals surface area contributed by atoms with Gasteiger partial charge in [0.2, 0.25) is 5.91 Å². The average molecular weight is 387 g/mol. The van der Waals surface area contributed by atoms with Crippen molar-refractivity contribution in [3.63, 3.8) is 0 Å². The number of halogens is 1. The monoisotopic (exact) mass is 386 g/mol. The molecule has 2 amide bonds. The Balaban J connectivity index is 1.46. The zero-order valence-electron chi connectivity index (χ0n) is 14.6. The third kappa shape index (κ3) is 5.31. The molecule has 0 radical (unpaired) electrons. The lowest BCUT2D eigenvalue weighted by Crippen LogP contribution is -2.23. The fraction of sp³-hybridized carbons (Fsp3) is 0.250. The maximum absolute atomic E-state index is 11.9. The molecule has 2 aromatic carbocycles. The third-order valence-electron chi connectivity index (χ3n) is 4.14.